The van der Waals surface area contributed by atoms with Crippen molar-refractivity contribution in [2.24, 2.45) is 0 Å². The molecule has 0 unspecified atom stereocenters. The van der Waals surface area contributed by atoms with Crippen LogP contribution in [0.15, 0.2) is 71.6 Å². The fraction of sp³-hybridized carbons (Fsp3) is 0.0909. The molecule has 4 aromatic rings. The van der Waals surface area contributed by atoms with Crippen LogP contribution in [0.3, 0.4) is 0 Å². The zero-order chi connectivity index (χ0) is 22.7. The zero-order valence-electron chi connectivity index (χ0n) is 16.9. The summed E-state index contributed by atoms with van der Waals surface area (Å²) in [5, 5.41) is 2.71. The molecule has 10 heteroatoms. The van der Waals surface area contributed by atoms with Gasteiger partial charge in [0.1, 0.15) is 22.3 Å². The third-order valence-corrected chi connectivity index (χ3v) is 6.47. The summed E-state index contributed by atoms with van der Waals surface area (Å²) in [7, 11) is -2.78. The summed E-state index contributed by atoms with van der Waals surface area (Å²) in [6, 6.07) is 18.1. The molecular formula is C22H19ClN4O4S. The molecule has 8 nitrogen and oxygen atoms in total. The van der Waals surface area contributed by atoms with Crippen molar-refractivity contribution in [3.63, 3.8) is 0 Å². The van der Waals surface area contributed by atoms with Crippen molar-refractivity contribution in [3.8, 4) is 5.75 Å². The minimum atomic E-state index is -4.20. The molecule has 0 aliphatic carbocycles. The number of imidazole rings is 1. The van der Waals surface area contributed by atoms with Gasteiger partial charge in [-0.05, 0) is 36.4 Å². The molecule has 0 bridgehead atoms. The van der Waals surface area contributed by atoms with Crippen molar-refractivity contribution in [2.75, 3.05) is 7.11 Å². The number of fused-ring (bicyclic) bond motifs is 1. The van der Waals surface area contributed by atoms with E-state index in [2.05, 4.69) is 20.0 Å². The average Bonchev–Trinajstić information content (AvgIpc) is 3.21. The fourth-order valence-electron chi connectivity index (χ4n) is 3.14. The Kier molecular flexibility index (Phi) is 6.02. The molecule has 32 heavy (non-hydrogen) atoms. The predicted octanol–water partition coefficient (Wildman–Crippen LogP) is 3.97. The quantitative estimate of drug-likeness (QED) is 0.425. The second-order valence-corrected chi connectivity index (χ2v) is 8.82. The predicted molar refractivity (Wildman–Crippen MR) is 121 cm³/mol. The second-order valence-electron chi connectivity index (χ2n) is 6.84. The van der Waals surface area contributed by atoms with E-state index in [1.54, 1.807) is 18.2 Å². The number of para-hydroxylation sites is 3. The van der Waals surface area contributed by atoms with Crippen molar-refractivity contribution in [1.29, 1.82) is 0 Å². The molecule has 4 rings (SSSR count). The van der Waals surface area contributed by atoms with Crippen molar-refractivity contribution < 1.29 is 22.9 Å². The Balaban J connectivity index is 1.54. The Hall–Kier alpha value is -3.56. The van der Waals surface area contributed by atoms with Crippen LogP contribution in [0.5, 0.6) is 5.75 Å². The number of rotatable bonds is 7. The zero-order valence-corrected chi connectivity index (χ0v) is 18.5. The first-order valence-corrected chi connectivity index (χ1v) is 11.4. The molecular weight excluding hydrogens is 452 g/mol. The van der Waals surface area contributed by atoms with Crippen LogP contribution in [0.4, 0.5) is 5.69 Å². The molecule has 0 fully saturated rings. The Labute approximate surface area is 189 Å². The topological polar surface area (TPSA) is 117 Å². The van der Waals surface area contributed by atoms with E-state index in [4.69, 9.17) is 16.3 Å². The van der Waals surface area contributed by atoms with Crippen LogP contribution < -0.4 is 15.0 Å². The second kappa shape index (κ2) is 8.89. The molecule has 3 N–H and O–H groups in total. The van der Waals surface area contributed by atoms with Crippen LogP contribution >= 0.6 is 11.6 Å². The molecule has 0 saturated carbocycles. The Morgan fingerprint density at radius 2 is 1.88 bits per heavy atom. The molecule has 1 amide bonds. The molecule has 0 aliphatic heterocycles. The van der Waals surface area contributed by atoms with E-state index in [1.807, 2.05) is 24.3 Å². The number of methoxy groups -OCH3 is 1. The van der Waals surface area contributed by atoms with Gasteiger partial charge in [0.2, 0.25) is 0 Å². The number of nitrogens with zero attached hydrogens (tertiary/aromatic N) is 1. The van der Waals surface area contributed by atoms with E-state index in [-0.39, 0.29) is 27.7 Å². The fourth-order valence-corrected chi connectivity index (χ4v) is 4.65. The number of hydrogen-bond acceptors (Lipinski definition) is 4. The van der Waals surface area contributed by atoms with Crippen LogP contribution in [0.1, 0.15) is 16.2 Å². The van der Waals surface area contributed by atoms with E-state index in [9.17, 15) is 13.2 Å². The SMILES string of the molecule is COc1ccccc1[N-]S(=O)(=O)c1cc(C(=O)NCc2[nH]c3ccccc3[nH+]2)ccc1Cl. The van der Waals surface area contributed by atoms with E-state index < -0.39 is 15.9 Å². The van der Waals surface area contributed by atoms with Crippen molar-refractivity contribution >= 4 is 44.3 Å². The average molecular weight is 471 g/mol. The number of aromatic amines is 2. The highest BCUT2D eigenvalue weighted by Crippen LogP contribution is 2.37. The number of aromatic nitrogens is 2. The van der Waals surface area contributed by atoms with Crippen LogP contribution in [0, 0.1) is 0 Å². The summed E-state index contributed by atoms with van der Waals surface area (Å²) < 4.78 is 34.8. The van der Waals surface area contributed by atoms with E-state index in [0.29, 0.717) is 11.6 Å². The van der Waals surface area contributed by atoms with Gasteiger partial charge >= 0.3 is 0 Å². The van der Waals surface area contributed by atoms with Gasteiger partial charge < -0.3 is 14.8 Å². The smallest absolute Gasteiger partial charge is 0.272 e. The number of ether oxygens (including phenoxy) is 1. The van der Waals surface area contributed by atoms with Crippen molar-refractivity contribution in [1.82, 2.24) is 10.3 Å². The molecule has 0 spiro atoms. The normalized spacial score (nSPS) is 11.3. The maximum Gasteiger partial charge on any atom is 0.272 e. The number of amides is 1. The van der Waals surface area contributed by atoms with Gasteiger partial charge in [-0.15, -0.1) is 0 Å². The maximum absolute atomic E-state index is 12.9. The van der Waals surface area contributed by atoms with Gasteiger partial charge in [0.05, 0.1) is 17.0 Å². The van der Waals surface area contributed by atoms with Gasteiger partial charge in [0, 0.05) is 5.56 Å². The lowest BCUT2D eigenvalue weighted by Gasteiger charge is -2.24. The standard InChI is InChI=1S/C22H18ClN4O4S/c1-31-19-9-5-4-8-18(19)27-32(29,30)20-12-14(10-11-15(20)23)22(28)24-13-21-25-16-6-2-3-7-17(16)26-21/h2-12H,13H2,1H3,(H,24,28)(H,25,26)/q-1/p+1. The summed E-state index contributed by atoms with van der Waals surface area (Å²) in [6.45, 7) is 0.198. The Morgan fingerprint density at radius 3 is 2.66 bits per heavy atom. The van der Waals surface area contributed by atoms with Gasteiger partial charge in [-0.3, -0.25) is 4.79 Å². The monoisotopic (exact) mass is 470 g/mol. The Morgan fingerprint density at radius 1 is 1.12 bits per heavy atom. The molecule has 1 aromatic heterocycles. The molecule has 3 aromatic carbocycles. The number of carbonyl (C=O) groups is 1. The number of sulfonamides is 1. The molecule has 0 saturated heterocycles. The van der Waals surface area contributed by atoms with E-state index in [0.717, 1.165) is 11.0 Å². The minimum absolute atomic E-state index is 0.0378. The van der Waals surface area contributed by atoms with Gasteiger partial charge in [-0.25, -0.2) is 18.4 Å². The highest BCUT2D eigenvalue weighted by Gasteiger charge is 2.17. The van der Waals surface area contributed by atoms with Gasteiger partial charge in [-0.2, -0.15) is 0 Å². The third-order valence-electron chi connectivity index (χ3n) is 4.70. The maximum atomic E-state index is 12.9. The van der Waals surface area contributed by atoms with Crippen LogP contribution in [0.2, 0.25) is 5.02 Å². The lowest BCUT2D eigenvalue weighted by Crippen LogP contribution is -2.26. The molecule has 0 atom stereocenters. The first-order chi connectivity index (χ1) is 15.4. The summed E-state index contributed by atoms with van der Waals surface area (Å²) in [5.41, 5.74) is 2.10. The number of H-pyrrole nitrogens is 2. The molecule has 1 heterocycles. The summed E-state index contributed by atoms with van der Waals surface area (Å²) >= 11 is 6.13. The van der Waals surface area contributed by atoms with Crippen LogP contribution in [0.25, 0.3) is 15.8 Å². The van der Waals surface area contributed by atoms with Gasteiger partial charge in [0.15, 0.2) is 11.0 Å². The molecule has 0 aliphatic rings. The lowest BCUT2D eigenvalue weighted by molar-refractivity contribution is -0.358. The van der Waals surface area contributed by atoms with E-state index in [1.165, 1.54) is 31.4 Å². The van der Waals surface area contributed by atoms with Crippen LogP contribution in [-0.2, 0) is 16.6 Å². The summed E-state index contributed by atoms with van der Waals surface area (Å²) in [5.74, 6) is 0.547. The first kappa shape index (κ1) is 21.7. The van der Waals surface area contributed by atoms with Crippen molar-refractivity contribution in [2.45, 2.75) is 11.4 Å². The number of hydrogen-bond donors (Lipinski definition) is 2. The third kappa shape index (κ3) is 4.53. The summed E-state index contributed by atoms with van der Waals surface area (Å²) in [4.78, 5) is 18.7. The van der Waals surface area contributed by atoms with Gasteiger partial charge in [0.25, 0.3) is 11.7 Å². The number of carbonyl (C=O) groups excluding carboxylic acids is 1. The minimum Gasteiger partial charge on any atom is -0.570 e. The Bertz CT molecular complexity index is 1370. The van der Waals surface area contributed by atoms with Crippen molar-refractivity contribution in [3.05, 3.63) is 87.9 Å². The van der Waals surface area contributed by atoms with Gasteiger partial charge in [-0.1, -0.05) is 47.6 Å². The first-order valence-electron chi connectivity index (χ1n) is 9.55. The number of benzene rings is 3. The van der Waals surface area contributed by atoms with Crippen LogP contribution in [-0.4, -0.2) is 26.4 Å². The largest absolute Gasteiger partial charge is 0.570 e. The molecule has 164 valence electrons. The summed E-state index contributed by atoms with van der Waals surface area (Å²) in [6.07, 6.45) is 0. The number of halogens is 1. The highest BCUT2D eigenvalue weighted by molar-refractivity contribution is 7.94. The lowest BCUT2D eigenvalue weighted by atomic mass is 10.2. The molecule has 0 radical (unpaired) electrons. The highest BCUT2D eigenvalue weighted by atomic mass is 35.5. The number of nitrogens with one attached hydrogen (secondary N) is 3. The van der Waals surface area contributed by atoms with E-state index >= 15 is 0 Å².